The largest absolute Gasteiger partial charge is 0.385 e. The van der Waals surface area contributed by atoms with Gasteiger partial charge in [0.05, 0.1) is 0 Å². The molecular weight excluding hydrogens is 194 g/mol. The van der Waals surface area contributed by atoms with Gasteiger partial charge in [0, 0.05) is 25.0 Å². The summed E-state index contributed by atoms with van der Waals surface area (Å²) >= 11 is 2.09. The second-order valence-electron chi connectivity index (χ2n) is 3.98. The van der Waals surface area contributed by atoms with E-state index in [1.165, 1.54) is 38.0 Å². The molecule has 1 rings (SSSR count). The standard InChI is InChI=1S/C11H23NOS/c1-10-11(6-9-14-10)12-7-4-3-5-8-13-2/h10-12H,3-9H2,1-2H3. The maximum atomic E-state index is 5.02. The summed E-state index contributed by atoms with van der Waals surface area (Å²) in [7, 11) is 1.77. The minimum atomic E-state index is 0.766. The fourth-order valence-electron chi connectivity index (χ4n) is 1.84. The van der Waals surface area contributed by atoms with Crippen LogP contribution in [-0.4, -0.2) is 37.3 Å². The van der Waals surface area contributed by atoms with Crippen LogP contribution in [0.3, 0.4) is 0 Å². The maximum absolute atomic E-state index is 5.02. The van der Waals surface area contributed by atoms with Crippen molar-refractivity contribution in [2.45, 2.75) is 43.9 Å². The molecule has 0 saturated carbocycles. The lowest BCUT2D eigenvalue weighted by molar-refractivity contribution is 0.192. The molecule has 0 bridgehead atoms. The van der Waals surface area contributed by atoms with Crippen molar-refractivity contribution in [3.8, 4) is 0 Å². The molecule has 1 heterocycles. The molecule has 0 spiro atoms. The number of hydrogen-bond donors (Lipinski definition) is 1. The summed E-state index contributed by atoms with van der Waals surface area (Å²) in [6.07, 6.45) is 5.13. The van der Waals surface area contributed by atoms with Gasteiger partial charge in [-0.05, 0) is 38.0 Å². The summed E-state index contributed by atoms with van der Waals surface area (Å²) in [6, 6.07) is 0.766. The Morgan fingerprint density at radius 1 is 1.36 bits per heavy atom. The lowest BCUT2D eigenvalue weighted by Crippen LogP contribution is -2.34. The molecule has 3 heteroatoms. The molecule has 2 unspecified atom stereocenters. The van der Waals surface area contributed by atoms with Gasteiger partial charge in [-0.25, -0.2) is 0 Å². The maximum Gasteiger partial charge on any atom is 0.0462 e. The molecule has 1 aliphatic heterocycles. The van der Waals surface area contributed by atoms with E-state index in [0.717, 1.165) is 17.9 Å². The predicted octanol–water partition coefficient (Wildman–Crippen LogP) is 2.29. The lowest BCUT2D eigenvalue weighted by Gasteiger charge is -2.16. The van der Waals surface area contributed by atoms with Crippen LogP contribution >= 0.6 is 11.8 Å². The van der Waals surface area contributed by atoms with E-state index in [4.69, 9.17) is 4.74 Å². The lowest BCUT2D eigenvalue weighted by atomic mass is 10.1. The van der Waals surface area contributed by atoms with Crippen molar-refractivity contribution in [1.82, 2.24) is 5.32 Å². The molecule has 0 aromatic carbocycles. The highest BCUT2D eigenvalue weighted by Crippen LogP contribution is 2.25. The van der Waals surface area contributed by atoms with E-state index in [1.54, 1.807) is 7.11 Å². The molecule has 84 valence electrons. The third-order valence-electron chi connectivity index (χ3n) is 2.81. The van der Waals surface area contributed by atoms with Crippen molar-refractivity contribution >= 4 is 11.8 Å². The van der Waals surface area contributed by atoms with E-state index in [2.05, 4.69) is 24.0 Å². The van der Waals surface area contributed by atoms with Crippen molar-refractivity contribution in [3.05, 3.63) is 0 Å². The summed E-state index contributed by atoms with van der Waals surface area (Å²) in [6.45, 7) is 4.43. The minimum Gasteiger partial charge on any atom is -0.385 e. The van der Waals surface area contributed by atoms with Crippen LogP contribution in [0.15, 0.2) is 0 Å². The van der Waals surface area contributed by atoms with E-state index < -0.39 is 0 Å². The van der Waals surface area contributed by atoms with Crippen LogP contribution in [-0.2, 0) is 4.74 Å². The zero-order chi connectivity index (χ0) is 10.2. The van der Waals surface area contributed by atoms with Crippen LogP contribution in [0, 0.1) is 0 Å². The Hall–Kier alpha value is 0.270. The van der Waals surface area contributed by atoms with Gasteiger partial charge in [0.25, 0.3) is 0 Å². The zero-order valence-corrected chi connectivity index (χ0v) is 10.2. The van der Waals surface area contributed by atoms with Crippen molar-refractivity contribution in [3.63, 3.8) is 0 Å². The van der Waals surface area contributed by atoms with E-state index >= 15 is 0 Å². The van der Waals surface area contributed by atoms with Gasteiger partial charge < -0.3 is 10.1 Å². The summed E-state index contributed by atoms with van der Waals surface area (Å²) in [5.74, 6) is 1.34. The number of thioether (sulfide) groups is 1. The van der Waals surface area contributed by atoms with Crippen LogP contribution in [0.5, 0.6) is 0 Å². The first-order valence-corrected chi connectivity index (χ1v) is 6.73. The van der Waals surface area contributed by atoms with Crippen molar-refractivity contribution in [2.24, 2.45) is 0 Å². The Morgan fingerprint density at radius 3 is 2.86 bits per heavy atom. The number of hydrogen-bond acceptors (Lipinski definition) is 3. The fraction of sp³-hybridized carbons (Fsp3) is 1.00. The van der Waals surface area contributed by atoms with Crippen molar-refractivity contribution < 1.29 is 4.74 Å². The van der Waals surface area contributed by atoms with Crippen molar-refractivity contribution in [1.29, 1.82) is 0 Å². The third kappa shape index (κ3) is 4.67. The summed E-state index contributed by atoms with van der Waals surface area (Å²) in [5.41, 5.74) is 0. The highest BCUT2D eigenvalue weighted by atomic mass is 32.2. The van der Waals surface area contributed by atoms with Gasteiger partial charge in [0.1, 0.15) is 0 Å². The summed E-state index contributed by atoms with van der Waals surface area (Å²) in [5, 5.41) is 4.46. The Balaban J connectivity index is 1.88. The normalized spacial score (nSPS) is 27.0. The van der Waals surface area contributed by atoms with Gasteiger partial charge >= 0.3 is 0 Å². The van der Waals surface area contributed by atoms with Crippen LogP contribution in [0.4, 0.5) is 0 Å². The molecule has 0 amide bonds. The summed E-state index contributed by atoms with van der Waals surface area (Å²) in [4.78, 5) is 0. The van der Waals surface area contributed by atoms with E-state index in [-0.39, 0.29) is 0 Å². The quantitative estimate of drug-likeness (QED) is 0.661. The topological polar surface area (TPSA) is 21.3 Å². The van der Waals surface area contributed by atoms with E-state index in [0.29, 0.717) is 0 Å². The fourth-order valence-corrected chi connectivity index (χ4v) is 3.06. The van der Waals surface area contributed by atoms with Gasteiger partial charge in [-0.2, -0.15) is 11.8 Å². The molecule has 0 aromatic heterocycles. The predicted molar refractivity (Wildman–Crippen MR) is 64.1 cm³/mol. The van der Waals surface area contributed by atoms with Crippen LogP contribution in [0.2, 0.25) is 0 Å². The number of methoxy groups -OCH3 is 1. The van der Waals surface area contributed by atoms with E-state index in [9.17, 15) is 0 Å². The molecule has 0 radical (unpaired) electrons. The Bertz CT molecular complexity index is 143. The van der Waals surface area contributed by atoms with E-state index in [1.807, 2.05) is 0 Å². The molecule has 1 saturated heterocycles. The second-order valence-corrected chi connectivity index (χ2v) is 5.46. The highest BCUT2D eigenvalue weighted by Gasteiger charge is 2.22. The number of nitrogens with one attached hydrogen (secondary N) is 1. The molecule has 1 fully saturated rings. The van der Waals surface area contributed by atoms with Crippen LogP contribution in [0.1, 0.15) is 32.6 Å². The molecule has 2 nitrogen and oxygen atoms in total. The first-order chi connectivity index (χ1) is 6.84. The SMILES string of the molecule is COCCCCCNC1CCSC1C. The monoisotopic (exact) mass is 217 g/mol. The minimum absolute atomic E-state index is 0.766. The molecule has 1 N–H and O–H groups in total. The zero-order valence-electron chi connectivity index (χ0n) is 9.42. The smallest absolute Gasteiger partial charge is 0.0462 e. The average molecular weight is 217 g/mol. The molecule has 2 atom stereocenters. The Kier molecular flexibility index (Phi) is 6.65. The average Bonchev–Trinajstić information content (AvgIpc) is 2.58. The number of ether oxygens (including phenoxy) is 1. The Morgan fingerprint density at radius 2 is 2.21 bits per heavy atom. The summed E-state index contributed by atoms with van der Waals surface area (Å²) < 4.78 is 5.02. The van der Waals surface area contributed by atoms with Gasteiger partial charge in [-0.15, -0.1) is 0 Å². The second kappa shape index (κ2) is 7.55. The highest BCUT2D eigenvalue weighted by molar-refractivity contribution is 8.00. The Labute approximate surface area is 92.2 Å². The van der Waals surface area contributed by atoms with Gasteiger partial charge in [-0.3, -0.25) is 0 Å². The number of rotatable bonds is 7. The van der Waals surface area contributed by atoms with Gasteiger partial charge in [-0.1, -0.05) is 6.92 Å². The molecular formula is C11H23NOS. The van der Waals surface area contributed by atoms with Crippen molar-refractivity contribution in [2.75, 3.05) is 26.0 Å². The third-order valence-corrected chi connectivity index (χ3v) is 4.13. The van der Waals surface area contributed by atoms with Gasteiger partial charge in [0.2, 0.25) is 0 Å². The molecule has 14 heavy (non-hydrogen) atoms. The number of unbranched alkanes of at least 4 members (excludes halogenated alkanes) is 2. The van der Waals surface area contributed by atoms with Crippen LogP contribution in [0.25, 0.3) is 0 Å². The molecule has 0 aliphatic carbocycles. The van der Waals surface area contributed by atoms with Crippen LogP contribution < -0.4 is 5.32 Å². The first kappa shape index (κ1) is 12.3. The molecule has 1 aliphatic rings. The first-order valence-electron chi connectivity index (χ1n) is 5.68. The van der Waals surface area contributed by atoms with Gasteiger partial charge in [0.15, 0.2) is 0 Å². The molecule has 0 aromatic rings.